The van der Waals surface area contributed by atoms with E-state index in [1.54, 1.807) is 0 Å². The predicted molar refractivity (Wildman–Crippen MR) is 87.0 cm³/mol. The van der Waals surface area contributed by atoms with E-state index in [0.29, 0.717) is 18.6 Å². The van der Waals surface area contributed by atoms with Crippen molar-refractivity contribution in [2.24, 2.45) is 5.92 Å². The third-order valence-corrected chi connectivity index (χ3v) is 4.16. The Hall–Kier alpha value is -1.86. The first-order valence-corrected chi connectivity index (χ1v) is 7.70. The minimum atomic E-state index is 0.304. The van der Waals surface area contributed by atoms with Crippen LogP contribution < -0.4 is 0 Å². The lowest BCUT2D eigenvalue weighted by molar-refractivity contribution is 0.0234. The van der Waals surface area contributed by atoms with Crippen LogP contribution in [0.15, 0.2) is 72.8 Å². The van der Waals surface area contributed by atoms with E-state index in [1.165, 1.54) is 16.7 Å². The van der Waals surface area contributed by atoms with Crippen LogP contribution in [0.5, 0.6) is 0 Å². The van der Waals surface area contributed by atoms with Gasteiger partial charge in [-0.05, 0) is 30.4 Å². The van der Waals surface area contributed by atoms with E-state index in [2.05, 4.69) is 61.2 Å². The Morgan fingerprint density at radius 3 is 2.10 bits per heavy atom. The van der Waals surface area contributed by atoms with E-state index >= 15 is 0 Å². The van der Waals surface area contributed by atoms with Crippen LogP contribution in [0.3, 0.4) is 0 Å². The zero-order chi connectivity index (χ0) is 14.5. The van der Waals surface area contributed by atoms with Crippen LogP contribution in [0, 0.1) is 5.92 Å². The summed E-state index contributed by atoms with van der Waals surface area (Å²) in [5.74, 6) is 0.567. The van der Waals surface area contributed by atoms with Gasteiger partial charge < -0.3 is 4.74 Å². The second-order valence-corrected chi connectivity index (χ2v) is 5.83. The molecule has 1 aliphatic rings. The average molecular weight is 278 g/mol. The van der Waals surface area contributed by atoms with Gasteiger partial charge in [0.05, 0.1) is 12.7 Å². The Balaban J connectivity index is 1.55. The first-order valence-electron chi connectivity index (χ1n) is 7.70. The normalized spacial score (nSPS) is 18.5. The molecule has 0 aromatic heterocycles. The van der Waals surface area contributed by atoms with Crippen molar-refractivity contribution in [2.75, 3.05) is 0 Å². The van der Waals surface area contributed by atoms with E-state index in [9.17, 15) is 0 Å². The highest BCUT2D eigenvalue weighted by Gasteiger charge is 2.35. The third-order valence-electron chi connectivity index (χ3n) is 4.16. The molecule has 1 fully saturated rings. The highest BCUT2D eigenvalue weighted by atomic mass is 16.5. The number of hydrogen-bond acceptors (Lipinski definition) is 1. The zero-order valence-corrected chi connectivity index (χ0v) is 12.4. The number of benzene rings is 2. The lowest BCUT2D eigenvalue weighted by Crippen LogP contribution is -2.16. The highest BCUT2D eigenvalue weighted by Crippen LogP contribution is 2.41. The molecule has 1 aliphatic carbocycles. The van der Waals surface area contributed by atoms with Gasteiger partial charge in [-0.3, -0.25) is 0 Å². The molecule has 0 bridgehead atoms. The summed E-state index contributed by atoms with van der Waals surface area (Å²) in [6, 6.07) is 21.1. The van der Waals surface area contributed by atoms with Crippen LogP contribution in [0.25, 0.3) is 0 Å². The zero-order valence-electron chi connectivity index (χ0n) is 12.4. The topological polar surface area (TPSA) is 9.23 Å². The smallest absolute Gasteiger partial charge is 0.0720 e. The van der Waals surface area contributed by atoms with Gasteiger partial charge in [0.25, 0.3) is 0 Å². The predicted octanol–water partition coefficient (Wildman–Crippen LogP) is 4.78. The maximum absolute atomic E-state index is 6.18. The molecule has 1 nitrogen and oxygen atoms in total. The SMILES string of the molecule is C=C1CC1C(CCc1ccccc1)OCc1ccccc1. The molecule has 0 spiro atoms. The van der Waals surface area contributed by atoms with E-state index in [1.807, 2.05) is 6.07 Å². The van der Waals surface area contributed by atoms with Crippen LogP contribution in [-0.2, 0) is 17.8 Å². The van der Waals surface area contributed by atoms with E-state index in [-0.39, 0.29) is 0 Å². The Morgan fingerprint density at radius 1 is 0.952 bits per heavy atom. The van der Waals surface area contributed by atoms with Crippen molar-refractivity contribution in [3.05, 3.63) is 83.9 Å². The first kappa shape index (κ1) is 14.1. The molecular weight excluding hydrogens is 256 g/mol. The molecule has 1 saturated carbocycles. The number of ether oxygens (including phenoxy) is 1. The summed E-state index contributed by atoms with van der Waals surface area (Å²) >= 11 is 0. The number of hydrogen-bond donors (Lipinski definition) is 0. The fraction of sp³-hybridized carbons (Fsp3) is 0.300. The second-order valence-electron chi connectivity index (χ2n) is 5.83. The molecule has 0 saturated heterocycles. The van der Waals surface area contributed by atoms with Crippen molar-refractivity contribution in [1.82, 2.24) is 0 Å². The summed E-state index contributed by atoms with van der Waals surface area (Å²) in [5.41, 5.74) is 3.98. The largest absolute Gasteiger partial charge is 0.373 e. The van der Waals surface area contributed by atoms with Crippen molar-refractivity contribution in [3.63, 3.8) is 0 Å². The van der Waals surface area contributed by atoms with Crippen molar-refractivity contribution in [1.29, 1.82) is 0 Å². The van der Waals surface area contributed by atoms with Gasteiger partial charge >= 0.3 is 0 Å². The maximum atomic E-state index is 6.18. The number of rotatable bonds is 7. The van der Waals surface area contributed by atoms with Gasteiger partial charge in [-0.2, -0.15) is 0 Å². The minimum Gasteiger partial charge on any atom is -0.373 e. The second kappa shape index (κ2) is 6.73. The fourth-order valence-corrected chi connectivity index (χ4v) is 2.75. The highest BCUT2D eigenvalue weighted by molar-refractivity contribution is 5.22. The summed E-state index contributed by atoms with van der Waals surface area (Å²) in [6.07, 6.45) is 3.58. The molecule has 0 radical (unpaired) electrons. The lowest BCUT2D eigenvalue weighted by Gasteiger charge is -2.17. The number of aryl methyl sites for hydroxylation is 1. The van der Waals surface area contributed by atoms with Gasteiger partial charge in [0.15, 0.2) is 0 Å². The van der Waals surface area contributed by atoms with E-state index in [0.717, 1.165) is 19.3 Å². The summed E-state index contributed by atoms with van der Waals surface area (Å²) in [7, 11) is 0. The summed E-state index contributed by atoms with van der Waals surface area (Å²) in [5, 5.41) is 0. The van der Waals surface area contributed by atoms with Gasteiger partial charge in [-0.15, -0.1) is 0 Å². The monoisotopic (exact) mass is 278 g/mol. The molecule has 3 rings (SSSR count). The first-order chi connectivity index (χ1) is 10.3. The molecule has 0 amide bonds. The van der Waals surface area contributed by atoms with Gasteiger partial charge in [0.1, 0.15) is 0 Å². The molecule has 0 N–H and O–H groups in total. The van der Waals surface area contributed by atoms with Crippen LogP contribution in [0.4, 0.5) is 0 Å². The molecule has 0 aliphatic heterocycles. The minimum absolute atomic E-state index is 0.304. The van der Waals surface area contributed by atoms with Crippen LogP contribution in [0.2, 0.25) is 0 Å². The van der Waals surface area contributed by atoms with Gasteiger partial charge in [0, 0.05) is 5.92 Å². The molecule has 1 heteroatoms. The lowest BCUT2D eigenvalue weighted by atomic mass is 10.0. The fourth-order valence-electron chi connectivity index (χ4n) is 2.75. The molecule has 21 heavy (non-hydrogen) atoms. The molecule has 2 atom stereocenters. The van der Waals surface area contributed by atoms with Crippen molar-refractivity contribution >= 4 is 0 Å². The molecular formula is C20H22O. The van der Waals surface area contributed by atoms with Crippen molar-refractivity contribution in [2.45, 2.75) is 32.0 Å². The average Bonchev–Trinajstić information content (AvgIpc) is 3.26. The molecule has 2 aromatic carbocycles. The van der Waals surface area contributed by atoms with E-state index in [4.69, 9.17) is 4.74 Å². The molecule has 108 valence electrons. The van der Waals surface area contributed by atoms with Gasteiger partial charge in [0.2, 0.25) is 0 Å². The van der Waals surface area contributed by atoms with Gasteiger partial charge in [-0.1, -0.05) is 72.8 Å². The molecule has 0 heterocycles. The van der Waals surface area contributed by atoms with Crippen LogP contribution in [0.1, 0.15) is 24.0 Å². The Morgan fingerprint density at radius 2 is 1.52 bits per heavy atom. The molecule has 2 aromatic rings. The van der Waals surface area contributed by atoms with Crippen molar-refractivity contribution in [3.8, 4) is 0 Å². The Kier molecular flexibility index (Phi) is 4.52. The third kappa shape index (κ3) is 4.05. The van der Waals surface area contributed by atoms with Crippen molar-refractivity contribution < 1.29 is 4.74 Å². The quantitative estimate of drug-likeness (QED) is 0.662. The Bertz CT molecular complexity index is 530. The standard InChI is InChI=1S/C20H22O/c1-16-14-19(16)20(13-12-17-8-4-2-5-9-17)21-15-18-10-6-3-7-11-18/h2-11,19-20H,1,12-15H2. The Labute approximate surface area is 127 Å². The summed E-state index contributed by atoms with van der Waals surface area (Å²) in [6.45, 7) is 4.80. The van der Waals surface area contributed by atoms with Crippen LogP contribution >= 0.6 is 0 Å². The maximum Gasteiger partial charge on any atom is 0.0720 e. The van der Waals surface area contributed by atoms with Crippen LogP contribution in [-0.4, -0.2) is 6.10 Å². The summed E-state index contributed by atoms with van der Waals surface area (Å²) in [4.78, 5) is 0. The molecule has 2 unspecified atom stereocenters. The van der Waals surface area contributed by atoms with E-state index < -0.39 is 0 Å². The summed E-state index contributed by atoms with van der Waals surface area (Å²) < 4.78 is 6.18. The van der Waals surface area contributed by atoms with Gasteiger partial charge in [-0.25, -0.2) is 0 Å².